The maximum atomic E-state index is 11.9. The van der Waals surface area contributed by atoms with E-state index in [1.165, 1.54) is 48.5 Å². The summed E-state index contributed by atoms with van der Waals surface area (Å²) < 4.78 is 2.62. The van der Waals surface area contributed by atoms with Crippen LogP contribution in [-0.2, 0) is 17.8 Å². The number of carbonyl (C=O) groups excluding carboxylic acids is 1. The van der Waals surface area contributed by atoms with Crippen molar-refractivity contribution in [2.45, 2.75) is 83.1 Å². The zero-order chi connectivity index (χ0) is 22.7. The van der Waals surface area contributed by atoms with E-state index in [9.17, 15) is 4.79 Å². The first-order valence-corrected chi connectivity index (χ1v) is 12.8. The fourth-order valence-corrected chi connectivity index (χ4v) is 7.69. The summed E-state index contributed by atoms with van der Waals surface area (Å²) in [5.41, 5.74) is 4.55. The molecule has 176 valence electrons. The van der Waals surface area contributed by atoms with Crippen LogP contribution in [0.3, 0.4) is 0 Å². The zero-order valence-corrected chi connectivity index (χ0v) is 20.3. The smallest absolute Gasteiger partial charge is 0.217 e. The van der Waals surface area contributed by atoms with Crippen molar-refractivity contribution in [1.82, 2.24) is 24.7 Å². The quantitative estimate of drug-likeness (QED) is 0.735. The third kappa shape index (κ3) is 3.36. The lowest BCUT2D eigenvalue weighted by atomic mass is 9.53. The Kier molecular flexibility index (Phi) is 5.15. The van der Waals surface area contributed by atoms with E-state index in [0.29, 0.717) is 17.5 Å². The summed E-state index contributed by atoms with van der Waals surface area (Å²) in [5.74, 6) is 1.27. The summed E-state index contributed by atoms with van der Waals surface area (Å²) in [6.07, 6.45) is 7.35. The minimum atomic E-state index is 0.0525. The molecule has 1 spiro atoms. The topological polar surface area (TPSA) is 53.4 Å². The molecule has 2 aromatic rings. The van der Waals surface area contributed by atoms with Crippen molar-refractivity contribution in [3.05, 3.63) is 53.1 Å². The van der Waals surface area contributed by atoms with E-state index < -0.39 is 0 Å². The van der Waals surface area contributed by atoms with Gasteiger partial charge in [0.05, 0.1) is 17.4 Å². The number of fused-ring (bicyclic) bond motifs is 1. The highest BCUT2D eigenvalue weighted by molar-refractivity contribution is 5.73. The van der Waals surface area contributed by atoms with Crippen molar-refractivity contribution in [3.8, 4) is 0 Å². The van der Waals surface area contributed by atoms with E-state index >= 15 is 0 Å². The summed E-state index contributed by atoms with van der Waals surface area (Å²) in [7, 11) is 2.23. The number of imidazole rings is 1. The van der Waals surface area contributed by atoms with Gasteiger partial charge in [-0.15, -0.1) is 0 Å². The van der Waals surface area contributed by atoms with Crippen molar-refractivity contribution in [2.75, 3.05) is 20.1 Å². The van der Waals surface area contributed by atoms with Crippen LogP contribution < -0.4 is 5.32 Å². The molecule has 6 nitrogen and oxygen atoms in total. The predicted octanol–water partition coefficient (Wildman–Crippen LogP) is 3.61. The minimum Gasteiger partial charge on any atom is -0.349 e. The van der Waals surface area contributed by atoms with Crippen LogP contribution in [-0.4, -0.2) is 57.5 Å². The highest BCUT2D eigenvalue weighted by Crippen LogP contribution is 2.67. The molecule has 33 heavy (non-hydrogen) atoms. The van der Waals surface area contributed by atoms with Gasteiger partial charge in [0.15, 0.2) is 0 Å². The lowest BCUT2D eigenvalue weighted by Crippen LogP contribution is -2.74. The summed E-state index contributed by atoms with van der Waals surface area (Å²) in [6.45, 7) is 7.06. The molecule has 1 saturated heterocycles. The molecule has 5 atom stereocenters. The molecule has 3 fully saturated rings. The number of piperidine rings is 1. The van der Waals surface area contributed by atoms with E-state index in [1.54, 1.807) is 6.92 Å². The molecule has 4 aliphatic rings. The Morgan fingerprint density at radius 3 is 2.82 bits per heavy atom. The Bertz CT molecular complexity index is 1050. The molecule has 2 aliphatic carbocycles. The van der Waals surface area contributed by atoms with Crippen molar-refractivity contribution < 1.29 is 4.79 Å². The summed E-state index contributed by atoms with van der Waals surface area (Å²) >= 11 is 0. The molecule has 4 unspecified atom stereocenters. The highest BCUT2D eigenvalue weighted by Gasteiger charge is 2.69. The Labute approximate surface area is 197 Å². The monoisotopic (exact) mass is 447 g/mol. The van der Waals surface area contributed by atoms with Gasteiger partial charge in [0.2, 0.25) is 5.91 Å². The number of likely N-dealkylation sites (N-methyl/N-ethyl adjacent to an activating group) is 1. The number of benzene rings is 1. The van der Waals surface area contributed by atoms with Crippen molar-refractivity contribution in [1.29, 1.82) is 0 Å². The number of nitrogens with zero attached hydrogens (tertiary/aromatic N) is 4. The summed E-state index contributed by atoms with van der Waals surface area (Å²) in [6, 6.07) is 12.6. The number of nitrogens with one attached hydrogen (secondary N) is 1. The van der Waals surface area contributed by atoms with Crippen LogP contribution >= 0.6 is 0 Å². The second-order valence-electron chi connectivity index (χ2n) is 11.0. The number of hydrogen-bond donors (Lipinski definition) is 1. The van der Waals surface area contributed by atoms with Gasteiger partial charge < -0.3 is 14.8 Å². The number of likely N-dealkylation sites (tertiary alicyclic amines) is 1. The number of hydrogen-bond acceptors (Lipinski definition) is 4. The van der Waals surface area contributed by atoms with Gasteiger partial charge in [0.1, 0.15) is 5.82 Å². The maximum Gasteiger partial charge on any atom is 0.217 e. The Hall–Kier alpha value is -2.18. The van der Waals surface area contributed by atoms with Crippen LogP contribution in [0.5, 0.6) is 0 Å². The van der Waals surface area contributed by atoms with E-state index in [1.807, 2.05) is 6.07 Å². The molecule has 0 bridgehead atoms. The molecule has 2 aliphatic heterocycles. The van der Waals surface area contributed by atoms with Crippen LogP contribution in [0.15, 0.2) is 30.3 Å². The molecule has 1 aromatic heterocycles. The van der Waals surface area contributed by atoms with Crippen LogP contribution in [0, 0.1) is 12.3 Å². The van der Waals surface area contributed by atoms with E-state index in [-0.39, 0.29) is 11.9 Å². The van der Waals surface area contributed by atoms with Gasteiger partial charge in [-0.3, -0.25) is 9.69 Å². The molecular formula is C27H37N5O. The van der Waals surface area contributed by atoms with Crippen molar-refractivity contribution >= 4 is 5.91 Å². The van der Waals surface area contributed by atoms with Gasteiger partial charge in [0, 0.05) is 56.5 Å². The maximum absolute atomic E-state index is 11.9. The van der Waals surface area contributed by atoms with E-state index in [4.69, 9.17) is 4.98 Å². The highest BCUT2D eigenvalue weighted by atomic mass is 16.1. The van der Waals surface area contributed by atoms with Gasteiger partial charge in [-0.2, -0.15) is 0 Å². The van der Waals surface area contributed by atoms with Crippen LogP contribution in [0.25, 0.3) is 0 Å². The average molecular weight is 448 g/mol. The Morgan fingerprint density at radius 1 is 1.27 bits per heavy atom. The summed E-state index contributed by atoms with van der Waals surface area (Å²) in [4.78, 5) is 22.1. The van der Waals surface area contributed by atoms with Gasteiger partial charge in [0.25, 0.3) is 0 Å². The van der Waals surface area contributed by atoms with Gasteiger partial charge in [-0.05, 0) is 51.6 Å². The van der Waals surface area contributed by atoms with Crippen molar-refractivity contribution in [3.63, 3.8) is 0 Å². The second kappa shape index (κ2) is 7.95. The first kappa shape index (κ1) is 21.4. The number of amides is 1. The van der Waals surface area contributed by atoms with Gasteiger partial charge in [-0.1, -0.05) is 30.3 Å². The molecule has 6 rings (SSSR count). The van der Waals surface area contributed by atoms with Crippen LogP contribution in [0.1, 0.15) is 73.9 Å². The zero-order valence-electron chi connectivity index (χ0n) is 20.3. The third-order valence-corrected chi connectivity index (χ3v) is 9.16. The van der Waals surface area contributed by atoms with Crippen LogP contribution in [0.4, 0.5) is 0 Å². The van der Waals surface area contributed by atoms with Crippen molar-refractivity contribution in [2.24, 2.45) is 5.41 Å². The van der Waals surface area contributed by atoms with Crippen LogP contribution in [0.2, 0.25) is 0 Å². The third-order valence-electron chi connectivity index (χ3n) is 9.16. The van der Waals surface area contributed by atoms with Gasteiger partial charge >= 0.3 is 0 Å². The average Bonchev–Trinajstić information content (AvgIpc) is 3.32. The fraction of sp³-hybridized carbons (Fsp3) is 0.630. The number of aromatic nitrogens is 2. The largest absolute Gasteiger partial charge is 0.349 e. The minimum absolute atomic E-state index is 0.0525. The first-order chi connectivity index (χ1) is 16.0. The molecule has 2 saturated carbocycles. The Balaban J connectivity index is 1.18. The molecule has 6 heteroatoms. The van der Waals surface area contributed by atoms with E-state index in [2.05, 4.69) is 57.9 Å². The fourth-order valence-electron chi connectivity index (χ4n) is 7.69. The molecular weight excluding hydrogens is 410 g/mol. The molecule has 1 aromatic carbocycles. The number of rotatable bonds is 6. The SMILES string of the molecule is CC(=O)N[C@@H](CCN1C2CCC23CC(n2c(C)nc4c2CN(C)CC4)CC13)c1ccccc1. The van der Waals surface area contributed by atoms with E-state index in [0.717, 1.165) is 38.5 Å². The normalized spacial score (nSPS) is 31.7. The predicted molar refractivity (Wildman–Crippen MR) is 129 cm³/mol. The molecule has 1 amide bonds. The molecule has 1 N–H and O–H groups in total. The number of carbonyl (C=O) groups is 1. The lowest BCUT2D eigenvalue weighted by molar-refractivity contribution is -0.188. The lowest BCUT2D eigenvalue weighted by Gasteiger charge is -2.68. The molecule has 3 heterocycles. The molecule has 0 radical (unpaired) electrons. The van der Waals surface area contributed by atoms with Gasteiger partial charge in [-0.25, -0.2) is 4.98 Å². The standard InChI is InChI=1S/C27H37N5O/c1-18-28-23-10-13-30(3)17-24(23)32(18)21-15-26-27(16-21)12-9-25(27)31(26)14-11-22(29-19(2)33)20-7-5-4-6-8-20/h4-8,21-22,25-26H,9-17H2,1-3H3,(H,29,33)/t21?,22-,25?,26?,27?/m0/s1. The second-order valence-corrected chi connectivity index (χ2v) is 11.0. The first-order valence-electron chi connectivity index (χ1n) is 12.8. The number of aryl methyl sites for hydroxylation is 1. The summed E-state index contributed by atoms with van der Waals surface area (Å²) in [5, 5.41) is 3.20. The Morgan fingerprint density at radius 2 is 2.09 bits per heavy atom.